The summed E-state index contributed by atoms with van der Waals surface area (Å²) in [5.41, 5.74) is 1.60. The van der Waals surface area contributed by atoms with Gasteiger partial charge in [-0.3, -0.25) is 4.79 Å². The Balaban J connectivity index is 2.09. The molecule has 128 valence electrons. The normalized spacial score (nSPS) is 12.8. The van der Waals surface area contributed by atoms with Crippen LogP contribution in [0.1, 0.15) is 26.3 Å². The Bertz CT molecular complexity index is 798. The van der Waals surface area contributed by atoms with E-state index in [2.05, 4.69) is 5.32 Å². The van der Waals surface area contributed by atoms with Crippen LogP contribution in [0.25, 0.3) is 0 Å². The van der Waals surface area contributed by atoms with E-state index in [9.17, 15) is 13.2 Å². The van der Waals surface area contributed by atoms with Gasteiger partial charge >= 0.3 is 0 Å². The molecule has 0 saturated heterocycles. The van der Waals surface area contributed by atoms with Crippen molar-refractivity contribution in [3.8, 4) is 0 Å². The van der Waals surface area contributed by atoms with Gasteiger partial charge in [0.15, 0.2) is 9.84 Å². The summed E-state index contributed by atoms with van der Waals surface area (Å²) in [7, 11) is -3.30. The Morgan fingerprint density at radius 2 is 1.67 bits per heavy atom. The van der Waals surface area contributed by atoms with E-state index in [0.717, 1.165) is 11.3 Å². The second kappa shape index (κ2) is 7.62. The zero-order valence-electron chi connectivity index (χ0n) is 14.2. The number of anilines is 1. The molecule has 0 heterocycles. The SMILES string of the molecule is CC(Cc1cccc(S(=O)(=O)C(C)C)c1)C(=O)Nc1ccccc1. The molecule has 0 bridgehead atoms. The molecule has 0 aliphatic rings. The van der Waals surface area contributed by atoms with Crippen LogP contribution >= 0.6 is 0 Å². The third-order valence-electron chi connectivity index (χ3n) is 3.88. The van der Waals surface area contributed by atoms with E-state index in [0.29, 0.717) is 11.3 Å². The molecule has 2 aromatic carbocycles. The minimum absolute atomic E-state index is 0.0849. The van der Waals surface area contributed by atoms with Gasteiger partial charge < -0.3 is 5.32 Å². The monoisotopic (exact) mass is 345 g/mol. The van der Waals surface area contributed by atoms with Gasteiger partial charge in [0.25, 0.3) is 0 Å². The van der Waals surface area contributed by atoms with E-state index >= 15 is 0 Å². The molecular formula is C19H23NO3S. The molecule has 0 aliphatic heterocycles. The lowest BCUT2D eigenvalue weighted by atomic mass is 10.0. The molecule has 24 heavy (non-hydrogen) atoms. The Labute approximate surface area is 143 Å². The fraction of sp³-hybridized carbons (Fsp3) is 0.316. The topological polar surface area (TPSA) is 63.2 Å². The maximum Gasteiger partial charge on any atom is 0.227 e. The van der Waals surface area contributed by atoms with E-state index in [1.165, 1.54) is 0 Å². The molecule has 0 fully saturated rings. The molecule has 1 atom stereocenters. The van der Waals surface area contributed by atoms with Crippen LogP contribution in [0.4, 0.5) is 5.69 Å². The number of hydrogen-bond donors (Lipinski definition) is 1. The van der Waals surface area contributed by atoms with Gasteiger partial charge in [0.05, 0.1) is 10.1 Å². The highest BCUT2D eigenvalue weighted by atomic mass is 32.2. The maximum absolute atomic E-state index is 12.3. The summed E-state index contributed by atoms with van der Waals surface area (Å²) < 4.78 is 24.5. The zero-order chi connectivity index (χ0) is 17.7. The van der Waals surface area contributed by atoms with Crippen molar-refractivity contribution in [1.82, 2.24) is 0 Å². The summed E-state index contributed by atoms with van der Waals surface area (Å²) in [5, 5.41) is 2.40. The first-order valence-electron chi connectivity index (χ1n) is 7.99. The van der Waals surface area contributed by atoms with Gasteiger partial charge in [0.1, 0.15) is 0 Å². The average Bonchev–Trinajstić information content (AvgIpc) is 2.55. The van der Waals surface area contributed by atoms with E-state index < -0.39 is 15.1 Å². The first-order chi connectivity index (χ1) is 11.3. The van der Waals surface area contributed by atoms with Crippen LogP contribution in [0.5, 0.6) is 0 Å². The summed E-state index contributed by atoms with van der Waals surface area (Å²) in [6.07, 6.45) is 0.486. The lowest BCUT2D eigenvalue weighted by Gasteiger charge is -2.14. The molecule has 2 rings (SSSR count). The fourth-order valence-electron chi connectivity index (χ4n) is 2.35. The van der Waals surface area contributed by atoms with Crippen LogP contribution in [-0.2, 0) is 21.1 Å². The van der Waals surface area contributed by atoms with Crippen molar-refractivity contribution < 1.29 is 13.2 Å². The number of hydrogen-bond acceptors (Lipinski definition) is 3. The fourth-order valence-corrected chi connectivity index (χ4v) is 3.48. The van der Waals surface area contributed by atoms with Gasteiger partial charge in [-0.25, -0.2) is 8.42 Å². The van der Waals surface area contributed by atoms with Crippen LogP contribution in [0.15, 0.2) is 59.5 Å². The summed E-state index contributed by atoms with van der Waals surface area (Å²) in [5.74, 6) is -0.347. The molecule has 5 heteroatoms. The number of rotatable bonds is 6. The Morgan fingerprint density at radius 3 is 2.29 bits per heavy atom. The van der Waals surface area contributed by atoms with Gasteiger partial charge in [0, 0.05) is 11.6 Å². The minimum atomic E-state index is -3.30. The van der Waals surface area contributed by atoms with Gasteiger partial charge in [-0.05, 0) is 50.1 Å². The molecule has 0 spiro atoms. The van der Waals surface area contributed by atoms with Gasteiger partial charge in [0.2, 0.25) is 5.91 Å². The number of para-hydroxylation sites is 1. The standard InChI is InChI=1S/C19H23NO3S/c1-14(2)24(22,23)18-11-7-8-16(13-18)12-15(3)19(21)20-17-9-5-4-6-10-17/h4-11,13-15H,12H2,1-3H3,(H,20,21). The maximum atomic E-state index is 12.3. The van der Waals surface area contributed by atoms with Gasteiger partial charge in [-0.15, -0.1) is 0 Å². The highest BCUT2D eigenvalue weighted by Crippen LogP contribution is 2.19. The zero-order valence-corrected chi connectivity index (χ0v) is 15.0. The first kappa shape index (κ1) is 18.2. The second-order valence-corrected chi connectivity index (χ2v) is 8.71. The molecule has 0 aromatic heterocycles. The quantitative estimate of drug-likeness (QED) is 0.868. The highest BCUT2D eigenvalue weighted by Gasteiger charge is 2.20. The Kier molecular flexibility index (Phi) is 5.78. The molecule has 1 unspecified atom stereocenters. The molecule has 2 aromatic rings. The molecule has 1 N–H and O–H groups in total. The summed E-state index contributed by atoms with van der Waals surface area (Å²) in [4.78, 5) is 12.6. The average molecular weight is 345 g/mol. The lowest BCUT2D eigenvalue weighted by Crippen LogP contribution is -2.22. The van der Waals surface area contributed by atoms with Gasteiger partial charge in [-0.2, -0.15) is 0 Å². The number of carbonyl (C=O) groups excluding carboxylic acids is 1. The third-order valence-corrected chi connectivity index (χ3v) is 6.03. The lowest BCUT2D eigenvalue weighted by molar-refractivity contribution is -0.119. The van der Waals surface area contributed by atoms with E-state index in [1.54, 1.807) is 32.0 Å². The number of sulfone groups is 1. The summed E-state index contributed by atoms with van der Waals surface area (Å²) in [6, 6.07) is 16.1. The van der Waals surface area contributed by atoms with Crippen LogP contribution < -0.4 is 5.32 Å². The Morgan fingerprint density at radius 1 is 1.00 bits per heavy atom. The molecular weight excluding hydrogens is 322 g/mol. The van der Waals surface area contributed by atoms with E-state index in [4.69, 9.17) is 0 Å². The van der Waals surface area contributed by atoms with Crippen molar-refractivity contribution >= 4 is 21.4 Å². The van der Waals surface area contributed by atoms with E-state index in [-0.39, 0.29) is 11.8 Å². The minimum Gasteiger partial charge on any atom is -0.326 e. The van der Waals surface area contributed by atoms with Crippen LogP contribution in [0, 0.1) is 5.92 Å². The predicted octanol–water partition coefficient (Wildman–Crippen LogP) is 3.69. The van der Waals surface area contributed by atoms with Crippen molar-refractivity contribution in [1.29, 1.82) is 0 Å². The first-order valence-corrected chi connectivity index (χ1v) is 9.54. The number of nitrogens with one attached hydrogen (secondary N) is 1. The smallest absolute Gasteiger partial charge is 0.227 e. The van der Waals surface area contributed by atoms with Crippen molar-refractivity contribution in [3.63, 3.8) is 0 Å². The van der Waals surface area contributed by atoms with Crippen LogP contribution in [-0.4, -0.2) is 19.6 Å². The summed E-state index contributed by atoms with van der Waals surface area (Å²) in [6.45, 7) is 5.16. The van der Waals surface area contributed by atoms with Crippen LogP contribution in [0.2, 0.25) is 0 Å². The van der Waals surface area contributed by atoms with Crippen molar-refractivity contribution in [2.24, 2.45) is 5.92 Å². The summed E-state index contributed by atoms with van der Waals surface area (Å²) >= 11 is 0. The van der Waals surface area contributed by atoms with E-state index in [1.807, 2.05) is 43.3 Å². The molecule has 1 amide bonds. The highest BCUT2D eigenvalue weighted by molar-refractivity contribution is 7.92. The molecule has 0 radical (unpaired) electrons. The van der Waals surface area contributed by atoms with Gasteiger partial charge in [-0.1, -0.05) is 37.3 Å². The second-order valence-electron chi connectivity index (χ2n) is 6.20. The van der Waals surface area contributed by atoms with Crippen molar-refractivity contribution in [3.05, 3.63) is 60.2 Å². The number of amides is 1. The number of benzene rings is 2. The van der Waals surface area contributed by atoms with Crippen molar-refractivity contribution in [2.45, 2.75) is 37.3 Å². The Hall–Kier alpha value is -2.14. The number of carbonyl (C=O) groups is 1. The third kappa shape index (κ3) is 4.45. The largest absolute Gasteiger partial charge is 0.326 e. The molecule has 0 saturated carbocycles. The van der Waals surface area contributed by atoms with Crippen molar-refractivity contribution in [2.75, 3.05) is 5.32 Å². The van der Waals surface area contributed by atoms with Crippen LogP contribution in [0.3, 0.4) is 0 Å². The molecule has 0 aliphatic carbocycles. The predicted molar refractivity (Wildman–Crippen MR) is 96.7 cm³/mol. The molecule has 4 nitrogen and oxygen atoms in total.